The minimum Gasteiger partial charge on any atom is -0.342 e. The molecule has 0 fully saturated rings. The van der Waals surface area contributed by atoms with Gasteiger partial charge in [0.1, 0.15) is 5.25 Å². The van der Waals surface area contributed by atoms with E-state index in [0.29, 0.717) is 24.1 Å². The summed E-state index contributed by atoms with van der Waals surface area (Å²) in [6, 6.07) is 13.6. The molecule has 2 heterocycles. The van der Waals surface area contributed by atoms with Crippen LogP contribution < -0.4 is 5.84 Å². The molecule has 2 aromatic heterocycles. The van der Waals surface area contributed by atoms with Crippen molar-refractivity contribution in [2.45, 2.75) is 24.3 Å². The molecule has 3 aromatic rings. The van der Waals surface area contributed by atoms with Gasteiger partial charge in [0.15, 0.2) is 5.82 Å². The lowest BCUT2D eigenvalue weighted by Crippen LogP contribution is -2.34. The van der Waals surface area contributed by atoms with Gasteiger partial charge in [-0.3, -0.25) is 4.79 Å². The van der Waals surface area contributed by atoms with E-state index >= 15 is 0 Å². The highest BCUT2D eigenvalue weighted by atomic mass is 32.2. The first kappa shape index (κ1) is 18.5. The average molecular weight is 388 g/mol. The molecule has 0 saturated carbocycles. The Labute approximate surface area is 161 Å². The van der Waals surface area contributed by atoms with Crippen LogP contribution in [0.4, 0.5) is 0 Å². The number of carbonyl (C=O) groups is 1. The molecule has 3 rings (SSSR count). The summed E-state index contributed by atoms with van der Waals surface area (Å²) >= 11 is 2.88. The molecule has 26 heavy (non-hydrogen) atoms. The minimum absolute atomic E-state index is 0.0480. The number of thiophene rings is 1. The monoisotopic (exact) mass is 387 g/mol. The van der Waals surface area contributed by atoms with Gasteiger partial charge in [-0.2, -0.15) is 0 Å². The number of rotatable bonds is 7. The summed E-state index contributed by atoms with van der Waals surface area (Å²) in [7, 11) is 0. The fraction of sp³-hybridized carbons (Fsp3) is 0.278. The van der Waals surface area contributed by atoms with Crippen LogP contribution >= 0.6 is 23.1 Å². The van der Waals surface area contributed by atoms with Gasteiger partial charge in [-0.05, 0) is 30.9 Å². The molecular formula is C18H21N5OS2. The van der Waals surface area contributed by atoms with E-state index < -0.39 is 5.25 Å². The Hall–Kier alpha value is -2.32. The predicted molar refractivity (Wildman–Crippen MR) is 106 cm³/mol. The number of thioether (sulfide) groups is 1. The molecule has 0 saturated heterocycles. The van der Waals surface area contributed by atoms with Crippen molar-refractivity contribution in [2.24, 2.45) is 0 Å². The Bertz CT molecular complexity index is 844. The summed E-state index contributed by atoms with van der Waals surface area (Å²) in [4.78, 5) is 15.8. The number of likely N-dealkylation sites (N-methyl/N-ethyl adjacent to an activating group) is 1. The molecule has 1 amide bonds. The number of benzene rings is 1. The quantitative estimate of drug-likeness (QED) is 0.496. The predicted octanol–water partition coefficient (Wildman–Crippen LogP) is 3.42. The van der Waals surface area contributed by atoms with Crippen molar-refractivity contribution >= 4 is 29.0 Å². The van der Waals surface area contributed by atoms with Crippen LogP contribution in [0.15, 0.2) is 53.0 Å². The zero-order chi connectivity index (χ0) is 18.5. The fourth-order valence-electron chi connectivity index (χ4n) is 2.63. The third kappa shape index (κ3) is 3.76. The Balaban J connectivity index is 1.93. The van der Waals surface area contributed by atoms with Gasteiger partial charge in [0.2, 0.25) is 11.1 Å². The van der Waals surface area contributed by atoms with Crippen LogP contribution in [0.2, 0.25) is 0 Å². The molecule has 0 bridgehead atoms. The standard InChI is InChI=1S/C18H21N5OS2/c1-3-22(4-2)17(24)15(13-9-6-5-7-10-13)26-18-21-20-16(23(18)19)14-11-8-12-25-14/h5-12,15H,3-4,19H2,1-2H3/t15-/m1/s1. The van der Waals surface area contributed by atoms with Gasteiger partial charge in [0.05, 0.1) is 4.88 Å². The smallest absolute Gasteiger partial charge is 0.240 e. The zero-order valence-corrected chi connectivity index (χ0v) is 16.3. The second-order valence-electron chi connectivity index (χ2n) is 5.57. The van der Waals surface area contributed by atoms with E-state index in [4.69, 9.17) is 5.84 Å². The molecule has 0 aliphatic heterocycles. The van der Waals surface area contributed by atoms with Gasteiger partial charge in [-0.1, -0.05) is 48.2 Å². The van der Waals surface area contributed by atoms with Gasteiger partial charge in [0, 0.05) is 13.1 Å². The average Bonchev–Trinajstić information content (AvgIpc) is 3.31. The largest absolute Gasteiger partial charge is 0.342 e. The van der Waals surface area contributed by atoms with E-state index in [1.54, 1.807) is 11.3 Å². The number of hydrogen-bond donors (Lipinski definition) is 1. The van der Waals surface area contributed by atoms with E-state index in [-0.39, 0.29) is 5.91 Å². The van der Waals surface area contributed by atoms with Crippen LogP contribution in [-0.4, -0.2) is 38.8 Å². The van der Waals surface area contributed by atoms with E-state index in [9.17, 15) is 4.79 Å². The molecule has 0 unspecified atom stereocenters. The topological polar surface area (TPSA) is 77.0 Å². The van der Waals surface area contributed by atoms with Gasteiger partial charge in [-0.25, -0.2) is 4.68 Å². The number of nitrogens with two attached hydrogens (primary N) is 1. The van der Waals surface area contributed by atoms with Crippen LogP contribution in [0, 0.1) is 0 Å². The number of amides is 1. The normalized spacial score (nSPS) is 12.1. The number of carbonyl (C=O) groups excluding carboxylic acids is 1. The van der Waals surface area contributed by atoms with Crippen molar-refractivity contribution in [1.82, 2.24) is 19.8 Å². The van der Waals surface area contributed by atoms with Crippen molar-refractivity contribution < 1.29 is 4.79 Å². The Morgan fingerprint density at radius 3 is 2.54 bits per heavy atom. The molecule has 6 nitrogen and oxygen atoms in total. The first-order valence-corrected chi connectivity index (χ1v) is 10.2. The Morgan fingerprint density at radius 1 is 1.19 bits per heavy atom. The molecular weight excluding hydrogens is 366 g/mol. The summed E-state index contributed by atoms with van der Waals surface area (Å²) in [5.74, 6) is 6.86. The molecule has 1 atom stereocenters. The van der Waals surface area contributed by atoms with Gasteiger partial charge in [0.25, 0.3) is 0 Å². The lowest BCUT2D eigenvalue weighted by atomic mass is 10.1. The van der Waals surface area contributed by atoms with E-state index in [1.165, 1.54) is 16.4 Å². The van der Waals surface area contributed by atoms with Gasteiger partial charge in [-0.15, -0.1) is 21.5 Å². The van der Waals surface area contributed by atoms with Crippen LogP contribution in [0.3, 0.4) is 0 Å². The maximum Gasteiger partial charge on any atom is 0.240 e. The van der Waals surface area contributed by atoms with Crippen molar-refractivity contribution in [1.29, 1.82) is 0 Å². The van der Waals surface area contributed by atoms with Gasteiger partial charge >= 0.3 is 0 Å². The van der Waals surface area contributed by atoms with Crippen molar-refractivity contribution in [3.05, 3.63) is 53.4 Å². The second kappa shape index (κ2) is 8.37. The van der Waals surface area contributed by atoms with E-state index in [0.717, 1.165) is 10.4 Å². The lowest BCUT2D eigenvalue weighted by Gasteiger charge is -2.24. The van der Waals surface area contributed by atoms with Crippen LogP contribution in [0.5, 0.6) is 0 Å². The highest BCUT2D eigenvalue weighted by Crippen LogP contribution is 2.36. The summed E-state index contributed by atoms with van der Waals surface area (Å²) < 4.78 is 1.46. The first-order valence-electron chi connectivity index (χ1n) is 8.40. The number of aromatic nitrogens is 3. The summed E-state index contributed by atoms with van der Waals surface area (Å²) in [5, 5.41) is 10.5. The van der Waals surface area contributed by atoms with E-state index in [2.05, 4.69) is 10.2 Å². The van der Waals surface area contributed by atoms with Crippen molar-refractivity contribution in [2.75, 3.05) is 18.9 Å². The molecule has 2 N–H and O–H groups in total. The zero-order valence-electron chi connectivity index (χ0n) is 14.7. The first-order chi connectivity index (χ1) is 12.7. The fourth-order valence-corrected chi connectivity index (χ4v) is 4.37. The summed E-state index contributed by atoms with van der Waals surface area (Å²) in [6.07, 6.45) is 0. The molecule has 8 heteroatoms. The number of nitrogen functional groups attached to an aromatic ring is 1. The van der Waals surface area contributed by atoms with Crippen LogP contribution in [-0.2, 0) is 4.79 Å². The van der Waals surface area contributed by atoms with Crippen molar-refractivity contribution in [3.63, 3.8) is 0 Å². The minimum atomic E-state index is -0.418. The maximum absolute atomic E-state index is 13.1. The molecule has 0 aliphatic carbocycles. The highest BCUT2D eigenvalue weighted by molar-refractivity contribution is 8.00. The molecule has 0 aliphatic rings. The molecule has 0 radical (unpaired) electrons. The third-order valence-corrected chi connectivity index (χ3v) is 6.10. The van der Waals surface area contributed by atoms with Crippen LogP contribution in [0.1, 0.15) is 24.7 Å². The second-order valence-corrected chi connectivity index (χ2v) is 7.59. The summed E-state index contributed by atoms with van der Waals surface area (Å²) in [5.41, 5.74) is 0.926. The molecule has 0 spiro atoms. The maximum atomic E-state index is 13.1. The highest BCUT2D eigenvalue weighted by Gasteiger charge is 2.28. The van der Waals surface area contributed by atoms with Crippen molar-refractivity contribution in [3.8, 4) is 10.7 Å². The van der Waals surface area contributed by atoms with Gasteiger partial charge < -0.3 is 10.7 Å². The lowest BCUT2D eigenvalue weighted by molar-refractivity contribution is -0.130. The van der Waals surface area contributed by atoms with Crippen LogP contribution in [0.25, 0.3) is 10.7 Å². The Kier molecular flexibility index (Phi) is 5.95. The number of nitrogens with zero attached hydrogens (tertiary/aromatic N) is 4. The number of hydrogen-bond acceptors (Lipinski definition) is 6. The summed E-state index contributed by atoms with van der Waals surface area (Å²) in [6.45, 7) is 5.28. The third-order valence-electron chi connectivity index (χ3n) is 4.03. The SMILES string of the molecule is CCN(CC)C(=O)[C@H](Sc1nnc(-c2cccs2)n1N)c1ccccc1. The van der Waals surface area contributed by atoms with E-state index in [1.807, 2.05) is 66.6 Å². The molecule has 1 aromatic carbocycles. The Morgan fingerprint density at radius 2 is 1.92 bits per heavy atom. The molecule has 136 valence electrons.